The average molecular weight is 867 g/mol. The third-order valence-corrected chi connectivity index (χ3v) is 15.2. The minimum atomic E-state index is -6.04. The molecule has 4 nitrogen and oxygen atoms in total. The zero-order valence-electron chi connectivity index (χ0n) is 43.9. The van der Waals surface area contributed by atoms with Crippen molar-refractivity contribution in [3.8, 4) is 28.0 Å². The topological polar surface area (TPSA) is 69.9 Å². The molecule has 0 atom stereocenters. The van der Waals surface area contributed by atoms with E-state index in [9.17, 15) is 14.7 Å². The molecule has 0 aliphatic carbocycles. The second-order valence-corrected chi connectivity index (χ2v) is 29.5. The van der Waals surface area contributed by atoms with Crippen molar-refractivity contribution in [3.05, 3.63) is 99.1 Å². The number of hydrogen-bond acceptors (Lipinski definition) is 4. The van der Waals surface area contributed by atoms with E-state index in [4.69, 9.17) is 4.74 Å². The summed E-state index contributed by atoms with van der Waals surface area (Å²) in [5.74, 6) is 0.665. The molecule has 0 saturated carbocycles. The zero-order valence-corrected chi connectivity index (χ0v) is 44.8. The molecule has 0 spiro atoms. The summed E-state index contributed by atoms with van der Waals surface area (Å²) in [5.41, 5.74) is 9.13. The van der Waals surface area contributed by atoms with Crippen molar-refractivity contribution in [2.45, 2.75) is 209 Å². The minimum absolute atomic E-state index is 0.0378. The molecule has 3 N–H and O–H groups in total. The third kappa shape index (κ3) is 10.1. The Labute approximate surface area is 379 Å². The van der Waals surface area contributed by atoms with E-state index in [1.165, 1.54) is 16.7 Å². The van der Waals surface area contributed by atoms with Crippen LogP contribution in [0.15, 0.2) is 54.6 Å². The SMILES string of the molecule is COc1c(-c2cc(C(C)(C)C)cc(C(C)(C)C)c2P(O)(O)(O)c2ccc(C(C)(C)C)cc2C(C)(C)C)cc(C(C)(C)C)c(-c2ccc(C(C)(C)C)cc2C(C)(C)C)c1C(C)(C)C. The van der Waals surface area contributed by atoms with Crippen LogP contribution < -0.4 is 15.3 Å². The van der Waals surface area contributed by atoms with Gasteiger partial charge in [-0.2, -0.15) is 0 Å². The van der Waals surface area contributed by atoms with E-state index in [0.29, 0.717) is 22.4 Å². The standard InChI is InChI=1S/C57H87O4P/c1-50(2,3)35-26-28-38(41(31-35)53(10,11)12)46-43(55(16,17)18)34-39(48(61-25)47(46)57(22,23)24)40-30-37(52(7,8)9)33-44(56(19,20)21)49(40)62(58,59,60)45-29-27-36(51(4,5)6)32-42(45)54(13,14)15/h26-34,58-60H,1-25H3. The van der Waals surface area contributed by atoms with Gasteiger partial charge >= 0.3 is 381 Å². The van der Waals surface area contributed by atoms with Gasteiger partial charge in [-0.05, 0) is 0 Å². The van der Waals surface area contributed by atoms with Gasteiger partial charge in [0.1, 0.15) is 0 Å². The Morgan fingerprint density at radius 3 is 1.16 bits per heavy atom. The molecule has 0 heterocycles. The molecule has 344 valence electrons. The van der Waals surface area contributed by atoms with Crippen LogP contribution in [0.1, 0.15) is 211 Å². The molecule has 4 aromatic rings. The van der Waals surface area contributed by atoms with Gasteiger partial charge in [-0.3, -0.25) is 0 Å². The Kier molecular flexibility index (Phi) is 13.0. The summed E-state index contributed by atoms with van der Waals surface area (Å²) in [6, 6.07) is 19.3. The van der Waals surface area contributed by atoms with Crippen LogP contribution in [0.3, 0.4) is 0 Å². The van der Waals surface area contributed by atoms with Crippen molar-refractivity contribution >= 4 is 17.9 Å². The van der Waals surface area contributed by atoms with Crippen molar-refractivity contribution in [3.63, 3.8) is 0 Å². The molecule has 0 unspecified atom stereocenters. The molecule has 0 aromatic heterocycles. The molecule has 4 rings (SSSR count). The van der Waals surface area contributed by atoms with E-state index in [1.54, 1.807) is 13.2 Å². The fourth-order valence-corrected chi connectivity index (χ4v) is 11.8. The Bertz CT molecular complexity index is 2330. The maximum atomic E-state index is 13.5. The fourth-order valence-electron chi connectivity index (χ4n) is 8.88. The fraction of sp³-hybridized carbons (Fsp3) is 0.579. The van der Waals surface area contributed by atoms with Crippen molar-refractivity contribution in [2.24, 2.45) is 0 Å². The van der Waals surface area contributed by atoms with Gasteiger partial charge in [-0.1, -0.05) is 0 Å². The molecule has 0 bridgehead atoms. The molecule has 62 heavy (non-hydrogen) atoms. The number of hydrogen-bond donors (Lipinski definition) is 3. The first-order valence-electron chi connectivity index (χ1n) is 22.9. The van der Waals surface area contributed by atoms with Crippen LogP contribution in [0.25, 0.3) is 22.3 Å². The first kappa shape index (κ1) is 51.6. The van der Waals surface area contributed by atoms with Crippen molar-refractivity contribution < 1.29 is 19.4 Å². The predicted molar refractivity (Wildman–Crippen MR) is 273 cm³/mol. The van der Waals surface area contributed by atoms with Gasteiger partial charge in [0.25, 0.3) is 0 Å². The molecule has 0 aliphatic heterocycles. The van der Waals surface area contributed by atoms with E-state index >= 15 is 0 Å². The second kappa shape index (κ2) is 15.6. The number of methoxy groups -OCH3 is 1. The number of benzene rings is 4. The van der Waals surface area contributed by atoms with Crippen LogP contribution in [0.2, 0.25) is 0 Å². The van der Waals surface area contributed by atoms with E-state index in [0.717, 1.165) is 33.4 Å². The van der Waals surface area contributed by atoms with E-state index in [2.05, 4.69) is 209 Å². The zero-order chi connectivity index (χ0) is 48.2. The Hall–Kier alpha value is -3.01. The van der Waals surface area contributed by atoms with Gasteiger partial charge in [0, 0.05) is 0 Å². The second-order valence-electron chi connectivity index (χ2n) is 26.6. The summed E-state index contributed by atoms with van der Waals surface area (Å²) in [7, 11) is -4.30. The first-order chi connectivity index (χ1) is 27.3. The van der Waals surface area contributed by atoms with E-state index < -0.39 is 23.5 Å². The number of ether oxygens (including phenoxy) is 1. The van der Waals surface area contributed by atoms with Crippen LogP contribution in [0.5, 0.6) is 5.75 Å². The molecule has 0 saturated heterocycles. The molecular formula is C57H87O4P. The summed E-state index contributed by atoms with van der Waals surface area (Å²) in [5, 5.41) is 0.337. The normalized spacial score (nSPS) is 14.8. The van der Waals surface area contributed by atoms with E-state index in [-0.39, 0.29) is 37.7 Å². The molecule has 4 aromatic carbocycles. The molecule has 0 radical (unpaired) electrons. The van der Waals surface area contributed by atoms with E-state index in [1.807, 2.05) is 6.07 Å². The van der Waals surface area contributed by atoms with Gasteiger partial charge in [0.15, 0.2) is 0 Å². The molecular weight excluding hydrogens is 780 g/mol. The summed E-state index contributed by atoms with van der Waals surface area (Å²) in [6.07, 6.45) is 0. The molecule has 0 amide bonds. The van der Waals surface area contributed by atoms with Crippen LogP contribution in [-0.4, -0.2) is 21.8 Å². The Balaban J connectivity index is 2.49. The van der Waals surface area contributed by atoms with Gasteiger partial charge in [-0.15, -0.1) is 0 Å². The molecule has 0 fully saturated rings. The Morgan fingerprint density at radius 2 is 0.774 bits per heavy atom. The summed E-state index contributed by atoms with van der Waals surface area (Å²) in [4.78, 5) is 40.5. The van der Waals surface area contributed by atoms with Gasteiger partial charge < -0.3 is 0 Å². The molecule has 0 aliphatic rings. The van der Waals surface area contributed by atoms with Crippen molar-refractivity contribution in [1.29, 1.82) is 0 Å². The van der Waals surface area contributed by atoms with Crippen molar-refractivity contribution in [1.82, 2.24) is 0 Å². The van der Waals surface area contributed by atoms with Crippen LogP contribution in [-0.2, 0) is 43.3 Å². The number of rotatable bonds is 5. The van der Waals surface area contributed by atoms with Crippen molar-refractivity contribution in [2.75, 3.05) is 7.11 Å². The van der Waals surface area contributed by atoms with Gasteiger partial charge in [0.2, 0.25) is 0 Å². The van der Waals surface area contributed by atoms with Gasteiger partial charge in [-0.25, -0.2) is 0 Å². The summed E-state index contributed by atoms with van der Waals surface area (Å²) in [6.45, 7) is 52.8. The Morgan fingerprint density at radius 1 is 0.371 bits per heavy atom. The average Bonchev–Trinajstić information content (AvgIpc) is 3.06. The van der Waals surface area contributed by atoms with Crippen LogP contribution in [0, 0.1) is 0 Å². The third-order valence-electron chi connectivity index (χ3n) is 12.6. The summed E-state index contributed by atoms with van der Waals surface area (Å²) < 4.78 is 6.75. The first-order valence-corrected chi connectivity index (χ1v) is 25.0. The molecule has 5 heteroatoms. The predicted octanol–water partition coefficient (Wildman–Crippen LogP) is 14.6. The maximum absolute atomic E-state index is 13.5. The monoisotopic (exact) mass is 867 g/mol. The van der Waals surface area contributed by atoms with Crippen LogP contribution >= 0.6 is 7.28 Å². The van der Waals surface area contributed by atoms with Gasteiger partial charge in [0.05, 0.1) is 0 Å². The summed E-state index contributed by atoms with van der Waals surface area (Å²) >= 11 is 0. The van der Waals surface area contributed by atoms with Crippen LogP contribution in [0.4, 0.5) is 0 Å². The quantitative estimate of drug-likeness (QED) is 0.175.